The summed E-state index contributed by atoms with van der Waals surface area (Å²) in [5.74, 6) is -0.857. The van der Waals surface area contributed by atoms with Crippen LogP contribution in [-0.2, 0) is 85.3 Å². The molecule has 0 aromatic heterocycles. The molecule has 600 valence electrons. The van der Waals surface area contributed by atoms with E-state index >= 15 is 0 Å². The van der Waals surface area contributed by atoms with Gasteiger partial charge in [0, 0.05) is 6.92 Å². The number of amides is 1. The first-order chi connectivity index (χ1) is 48.8. The van der Waals surface area contributed by atoms with Gasteiger partial charge >= 0.3 is 0 Å². The van der Waals surface area contributed by atoms with Crippen molar-refractivity contribution in [3.8, 4) is 0 Å². The van der Waals surface area contributed by atoms with Gasteiger partial charge in [0.15, 0.2) is 56.6 Å². The van der Waals surface area contributed by atoms with E-state index in [0.29, 0.717) is 0 Å². The average molecular weight is 1520 g/mol. The minimum absolute atomic E-state index is 0.857. The molecule has 9 fully saturated rings. The molecule has 0 radical (unpaired) electrons. The normalized spacial score (nSPS) is 52.4. The van der Waals surface area contributed by atoms with Crippen molar-refractivity contribution in [2.75, 3.05) is 59.5 Å². The number of nitrogens with one attached hydrogen (secondary N) is 1. The third-order valence-corrected chi connectivity index (χ3v) is 19.1. The van der Waals surface area contributed by atoms with E-state index in [1.165, 1.54) is 0 Å². The summed E-state index contributed by atoms with van der Waals surface area (Å²) in [6.45, 7) is -8.75. The van der Waals surface area contributed by atoms with Crippen LogP contribution in [0.3, 0.4) is 0 Å². The van der Waals surface area contributed by atoms with Gasteiger partial charge in [-0.15, -0.1) is 0 Å². The van der Waals surface area contributed by atoms with Crippen LogP contribution in [-0.4, -0.2) is 485 Å². The molecule has 0 spiro atoms. The van der Waals surface area contributed by atoms with Gasteiger partial charge in [-0.3, -0.25) is 4.79 Å². The Labute approximate surface area is 581 Å². The lowest BCUT2D eigenvalue weighted by Crippen LogP contribution is -2.69. The Morgan fingerprint density at radius 3 is 0.854 bits per heavy atom. The molecule has 9 aliphatic rings. The van der Waals surface area contributed by atoms with Crippen LogP contribution in [0.4, 0.5) is 0 Å². The summed E-state index contributed by atoms with van der Waals surface area (Å²) >= 11 is 0. The zero-order valence-electron chi connectivity index (χ0n) is 54.2. The van der Waals surface area contributed by atoms with Gasteiger partial charge in [-0.05, 0) is 0 Å². The predicted octanol–water partition coefficient (Wildman–Crippen LogP) is -20.5. The van der Waals surface area contributed by atoms with Crippen LogP contribution >= 0.6 is 0 Å². The Kier molecular flexibility index (Phi) is 30.2. The Balaban J connectivity index is 1.05. The number of hydrogen-bond acceptors (Lipinski definition) is 46. The maximum Gasteiger partial charge on any atom is 0.217 e. The Bertz CT molecular complexity index is 2580. The number of carbonyl (C=O) groups is 1. The number of carbonyl (C=O) groups excluding carboxylic acids is 1. The lowest BCUT2D eigenvalue weighted by atomic mass is 9.94. The van der Waals surface area contributed by atoms with Crippen molar-refractivity contribution < 1.29 is 228 Å². The molecule has 0 unspecified atom stereocenters. The molecule has 47 heteroatoms. The summed E-state index contributed by atoms with van der Waals surface area (Å²) in [4.78, 5) is 12.3. The van der Waals surface area contributed by atoms with Crippen molar-refractivity contribution in [3.05, 3.63) is 0 Å². The lowest BCUT2D eigenvalue weighted by molar-refractivity contribution is -0.408. The summed E-state index contributed by atoms with van der Waals surface area (Å²) in [5, 5.41) is 309. The van der Waals surface area contributed by atoms with Gasteiger partial charge in [0.05, 0.1) is 59.5 Å². The highest BCUT2D eigenvalue weighted by Crippen LogP contribution is 2.40. The minimum Gasteiger partial charge on any atom is -0.394 e. The highest BCUT2D eigenvalue weighted by atomic mass is 16.8. The van der Waals surface area contributed by atoms with Gasteiger partial charge < -0.3 is 229 Å². The Morgan fingerprint density at radius 1 is 0.252 bits per heavy atom. The SMILES string of the molecule is CC(=O)N[C@@H]1[C@@H](O)[C@H](O[C@@H]2O[C@H](CO[C@H]3O[C@H](CO[C@H]4O[C@H](CO)[C@@H](O)[C@H](O)[C@@H]4O)[C@@H](O)[C@H](O[C@H]4O[C@H](CO)[C@@H](O)[C@H](O)[C@@H]4O[C@H]4O[C@H](CO)[C@@H](O)[C@H](O)[C@@H]4O)[C@@H]3O)[C@@H](O)[C@H](O[C@H]3O[C@H](CO)[C@@H](O)[C@H](O)[C@@H]3O[C@H]3O[C@H](CO)[C@@H](O)[C@H](O)[C@@H]3O[C@H]3O[C@H](CO)[C@@H](O)[C@H](O)[C@@H]3O)[C@@H]2O)[C@@H](CO)O[C@@H]1O. The van der Waals surface area contributed by atoms with Crippen LogP contribution in [0, 0.1) is 0 Å². The van der Waals surface area contributed by atoms with E-state index in [0.717, 1.165) is 6.92 Å². The molecule has 45 atom stereocenters. The molecular weight excluding hydrogens is 1420 g/mol. The zero-order chi connectivity index (χ0) is 75.6. The van der Waals surface area contributed by atoms with Crippen molar-refractivity contribution in [2.45, 2.75) is 283 Å². The van der Waals surface area contributed by atoms with Gasteiger partial charge in [-0.1, -0.05) is 0 Å². The molecule has 0 bridgehead atoms. The van der Waals surface area contributed by atoms with Gasteiger partial charge in [0.1, 0.15) is 220 Å². The smallest absolute Gasteiger partial charge is 0.217 e. The summed E-state index contributed by atoms with van der Waals surface area (Å²) < 4.78 is 98.4. The second-order valence-electron chi connectivity index (χ2n) is 26.0. The fourth-order valence-corrected chi connectivity index (χ4v) is 13.1. The van der Waals surface area contributed by atoms with Crippen molar-refractivity contribution in [2.24, 2.45) is 0 Å². The van der Waals surface area contributed by atoms with Crippen molar-refractivity contribution in [1.29, 1.82) is 0 Å². The van der Waals surface area contributed by atoms with Crippen LogP contribution in [0.1, 0.15) is 6.92 Å². The molecule has 9 saturated heterocycles. The second kappa shape index (κ2) is 36.7. The number of rotatable bonds is 26. The lowest BCUT2D eigenvalue weighted by Gasteiger charge is -2.50. The average Bonchev–Trinajstić information content (AvgIpc) is 0.767. The first kappa shape index (κ1) is 84.7. The minimum atomic E-state index is -2.52. The summed E-state index contributed by atoms with van der Waals surface area (Å²) in [6.07, 6.45) is -93.7. The maximum absolute atomic E-state index is 12.4. The van der Waals surface area contributed by atoms with Gasteiger partial charge in [-0.25, -0.2) is 0 Å². The number of ether oxygens (including phenoxy) is 17. The molecule has 47 nitrogen and oxygen atoms in total. The van der Waals surface area contributed by atoms with E-state index in [4.69, 9.17) is 80.5 Å². The van der Waals surface area contributed by atoms with E-state index in [-0.39, 0.29) is 0 Å². The molecule has 0 saturated carbocycles. The van der Waals surface area contributed by atoms with Gasteiger partial charge in [-0.2, -0.15) is 0 Å². The van der Waals surface area contributed by atoms with Crippen LogP contribution in [0.15, 0.2) is 0 Å². The van der Waals surface area contributed by atoms with E-state index in [1.54, 1.807) is 0 Å². The topological polar surface area (TPSA) is 752 Å². The summed E-state index contributed by atoms with van der Waals surface area (Å²) in [5.41, 5.74) is 0. The van der Waals surface area contributed by atoms with E-state index in [2.05, 4.69) is 5.32 Å². The first-order valence-corrected chi connectivity index (χ1v) is 32.7. The third kappa shape index (κ3) is 18.0. The van der Waals surface area contributed by atoms with Gasteiger partial charge in [0.25, 0.3) is 0 Å². The predicted molar refractivity (Wildman–Crippen MR) is 309 cm³/mol. The third-order valence-electron chi connectivity index (χ3n) is 19.1. The highest BCUT2D eigenvalue weighted by molar-refractivity contribution is 5.73. The number of hydrogen-bond donors (Lipinski definition) is 29. The molecule has 0 aromatic carbocycles. The quantitative estimate of drug-likeness (QED) is 0.0382. The van der Waals surface area contributed by atoms with Gasteiger partial charge in [0.2, 0.25) is 5.91 Å². The van der Waals surface area contributed by atoms with Crippen molar-refractivity contribution in [3.63, 3.8) is 0 Å². The molecule has 0 aliphatic carbocycles. The fraction of sp³-hybridized carbons (Fsp3) is 0.982. The number of aliphatic hydroxyl groups is 28. The van der Waals surface area contributed by atoms with E-state index in [1.807, 2.05) is 0 Å². The van der Waals surface area contributed by atoms with Crippen LogP contribution in [0.5, 0.6) is 0 Å². The second-order valence-corrected chi connectivity index (χ2v) is 26.0. The molecule has 29 N–H and O–H groups in total. The first-order valence-electron chi connectivity index (χ1n) is 32.7. The van der Waals surface area contributed by atoms with Crippen LogP contribution in [0.2, 0.25) is 0 Å². The molecule has 9 aliphatic heterocycles. The number of aliphatic hydroxyl groups excluding tert-OH is 28. The van der Waals surface area contributed by atoms with Crippen LogP contribution < -0.4 is 5.32 Å². The summed E-state index contributed by atoms with van der Waals surface area (Å²) in [6, 6.07) is -1.77. The monoisotopic (exact) mass is 1520 g/mol. The molecule has 9 heterocycles. The van der Waals surface area contributed by atoms with Crippen molar-refractivity contribution >= 4 is 5.91 Å². The Hall–Kier alpha value is -2.33. The molecule has 103 heavy (non-hydrogen) atoms. The maximum atomic E-state index is 12.4. The zero-order valence-corrected chi connectivity index (χ0v) is 54.2. The molecule has 0 aromatic rings. The largest absolute Gasteiger partial charge is 0.394 e. The van der Waals surface area contributed by atoms with Crippen LogP contribution in [0.25, 0.3) is 0 Å². The Morgan fingerprint density at radius 2 is 0.505 bits per heavy atom. The highest BCUT2D eigenvalue weighted by Gasteiger charge is 2.60. The molecular formula is C56H95NO46. The summed E-state index contributed by atoms with van der Waals surface area (Å²) in [7, 11) is 0. The standard InChI is InChI=1S/C56H95NO46/c1-11(65)57-21-30(74)42(18(8-64)89-48(21)86)98-53-41(85)44(100-55-47(36(80)27(71)16(6-62)94-55)103-56-46(35(79)26(70)17(7-63)95-56)102-52-39(83)33(77)24(68)14(4-60)92-52)29(73)20(97-53)10-88-50-40(84)43(28(72)19(96-50)9-87-49-37(81)31(75)22(66)12(2-58)90-49)99-54-45(34(78)25(69)15(5-61)93-54)101-51-38(82)32(76)23(67)13(3-59)91-51/h12-56,58-64,66-86H,2-10H2,1H3,(H,57,65)/t12-,13-,14-,15-,16-,17-,18-,19-,20-,21-,22-,23-,24-,25-,26-,27-,28-,29-,30-,31+,32+,33+,34+,35+,36+,37+,38+,39+,40+,41+,42-,43+,44+,45+,46+,47+,48+,49+,50+,51-,52-,53+,54-,55-,56-/m1/s1. The van der Waals surface area contributed by atoms with Crippen molar-refractivity contribution in [1.82, 2.24) is 5.32 Å². The van der Waals surface area contributed by atoms with E-state index < -0.39 is 342 Å². The molecule has 1 amide bonds. The molecule has 9 rings (SSSR count). The van der Waals surface area contributed by atoms with E-state index in [9.17, 15) is 148 Å². The fourth-order valence-electron chi connectivity index (χ4n) is 13.1.